The summed E-state index contributed by atoms with van der Waals surface area (Å²) in [5.74, 6) is 0.815. The van der Waals surface area contributed by atoms with E-state index >= 15 is 0 Å². The third-order valence-corrected chi connectivity index (χ3v) is 8.95. The Balaban J connectivity index is 1.05. The predicted octanol–water partition coefficient (Wildman–Crippen LogP) is 5.10. The van der Waals surface area contributed by atoms with Gasteiger partial charge in [0.1, 0.15) is 17.0 Å². The normalized spacial score (nSPS) is 16.8. The molecule has 12 nitrogen and oxygen atoms in total. The number of fused-ring (bicyclic) bond motifs is 1. The molecule has 3 aromatic heterocycles. The molecule has 47 heavy (non-hydrogen) atoms. The Morgan fingerprint density at radius 3 is 2.55 bits per heavy atom. The predicted molar refractivity (Wildman–Crippen MR) is 172 cm³/mol. The summed E-state index contributed by atoms with van der Waals surface area (Å²) in [5, 5.41) is 16.4. The first kappa shape index (κ1) is 30.6. The van der Waals surface area contributed by atoms with Crippen molar-refractivity contribution in [3.8, 4) is 11.5 Å². The molecular weight excluding hydrogens is 601 g/mol. The molecule has 4 heterocycles. The molecule has 1 aliphatic heterocycles. The number of nitrogens with zero attached hydrogens (tertiary/aromatic N) is 8. The van der Waals surface area contributed by atoms with Gasteiger partial charge in [-0.05, 0) is 72.0 Å². The highest BCUT2D eigenvalue weighted by molar-refractivity contribution is 5.94. The van der Waals surface area contributed by atoms with Gasteiger partial charge < -0.3 is 14.6 Å². The van der Waals surface area contributed by atoms with Gasteiger partial charge >= 0.3 is 0 Å². The van der Waals surface area contributed by atoms with E-state index in [2.05, 4.69) is 30.5 Å². The van der Waals surface area contributed by atoms with E-state index in [1.807, 2.05) is 0 Å². The topological polar surface area (TPSA) is 135 Å². The van der Waals surface area contributed by atoms with Crippen LogP contribution in [0.4, 0.5) is 10.1 Å². The standard InChI is InChI=1S/C34H36FN9O3/c1-22(45)37-27-11-12-30-28(20-27)38-33(47-30)25-13-14-36-29(19-25)34(46)43-17-15-42(16-18-43)31(24-7-9-26(35)10-8-24)32-39-41-44(40-32)21-23-5-3-2-4-6-23/h7-14,19-20,23,31H,2-6,15-18,21H2,1H3,(H,37,45). The van der Waals surface area contributed by atoms with Gasteiger partial charge in [-0.25, -0.2) is 9.37 Å². The average molecular weight is 638 g/mol. The van der Waals surface area contributed by atoms with Crippen LogP contribution in [-0.2, 0) is 11.3 Å². The summed E-state index contributed by atoms with van der Waals surface area (Å²) in [5.41, 5.74) is 3.56. The summed E-state index contributed by atoms with van der Waals surface area (Å²) >= 11 is 0. The van der Waals surface area contributed by atoms with Gasteiger partial charge in [0.15, 0.2) is 11.4 Å². The van der Waals surface area contributed by atoms with Crippen LogP contribution < -0.4 is 5.32 Å². The molecule has 0 spiro atoms. The van der Waals surface area contributed by atoms with Gasteiger partial charge in [-0.1, -0.05) is 31.4 Å². The van der Waals surface area contributed by atoms with Crippen molar-refractivity contribution in [3.63, 3.8) is 0 Å². The first-order chi connectivity index (χ1) is 22.9. The zero-order valence-corrected chi connectivity index (χ0v) is 26.2. The minimum atomic E-state index is -0.320. The molecule has 7 rings (SSSR count). The van der Waals surface area contributed by atoms with Gasteiger partial charge in [0.2, 0.25) is 11.8 Å². The van der Waals surface area contributed by atoms with Crippen LogP contribution in [0.25, 0.3) is 22.6 Å². The van der Waals surface area contributed by atoms with Crippen LogP contribution in [0.2, 0.25) is 0 Å². The quantitative estimate of drug-likeness (QED) is 0.247. The van der Waals surface area contributed by atoms with Crippen molar-refractivity contribution in [1.29, 1.82) is 0 Å². The van der Waals surface area contributed by atoms with Crippen LogP contribution in [0, 0.1) is 11.7 Å². The lowest BCUT2D eigenvalue weighted by atomic mass is 9.89. The lowest BCUT2D eigenvalue weighted by Gasteiger charge is -2.38. The van der Waals surface area contributed by atoms with Crippen molar-refractivity contribution in [2.45, 2.75) is 51.6 Å². The molecule has 0 radical (unpaired) electrons. The Morgan fingerprint density at radius 2 is 1.79 bits per heavy atom. The van der Waals surface area contributed by atoms with Crippen LogP contribution in [0.15, 0.2) is 65.2 Å². The van der Waals surface area contributed by atoms with Gasteiger partial charge in [-0.15, -0.1) is 10.2 Å². The molecule has 242 valence electrons. The smallest absolute Gasteiger partial charge is 0.272 e. The van der Waals surface area contributed by atoms with E-state index in [0.29, 0.717) is 71.9 Å². The summed E-state index contributed by atoms with van der Waals surface area (Å²) in [6.45, 7) is 4.25. The highest BCUT2D eigenvalue weighted by Gasteiger charge is 2.32. The van der Waals surface area contributed by atoms with Crippen molar-refractivity contribution >= 4 is 28.6 Å². The molecule has 2 amide bonds. The van der Waals surface area contributed by atoms with Gasteiger partial charge in [-0.2, -0.15) is 4.80 Å². The molecule has 0 bridgehead atoms. The van der Waals surface area contributed by atoms with Crippen molar-refractivity contribution < 1.29 is 18.4 Å². The van der Waals surface area contributed by atoms with Gasteiger partial charge in [0, 0.05) is 50.6 Å². The van der Waals surface area contributed by atoms with E-state index in [9.17, 15) is 14.0 Å². The van der Waals surface area contributed by atoms with Crippen molar-refractivity contribution in [3.05, 3.63) is 83.7 Å². The Kier molecular flexibility index (Phi) is 8.70. The summed E-state index contributed by atoms with van der Waals surface area (Å²) in [7, 11) is 0. The van der Waals surface area contributed by atoms with Crippen LogP contribution in [0.5, 0.6) is 0 Å². The van der Waals surface area contributed by atoms with Crippen LogP contribution in [0.3, 0.4) is 0 Å². The number of hydrogen-bond donors (Lipinski definition) is 1. The molecule has 2 aromatic carbocycles. The third kappa shape index (κ3) is 6.89. The first-order valence-corrected chi connectivity index (χ1v) is 16.1. The molecule has 5 aromatic rings. The number of benzene rings is 2. The zero-order valence-electron chi connectivity index (χ0n) is 26.2. The highest BCUT2D eigenvalue weighted by atomic mass is 19.1. The number of hydrogen-bond acceptors (Lipinski definition) is 9. The number of nitrogens with one attached hydrogen (secondary N) is 1. The zero-order chi connectivity index (χ0) is 32.3. The van der Waals surface area contributed by atoms with Gasteiger partial charge in [0.25, 0.3) is 5.91 Å². The molecule has 2 fully saturated rings. The number of aromatic nitrogens is 6. The maximum absolute atomic E-state index is 13.9. The summed E-state index contributed by atoms with van der Waals surface area (Å²) in [6, 6.07) is 14.8. The SMILES string of the molecule is CC(=O)Nc1ccc2oc(-c3ccnc(C(=O)N4CCN(C(c5ccc(F)cc5)c5nnn(CC6CCCCC6)n5)CC4)c3)nc2c1. The second-order valence-corrected chi connectivity index (χ2v) is 12.3. The molecule has 1 saturated heterocycles. The number of piperazine rings is 1. The molecule has 1 N–H and O–H groups in total. The second-order valence-electron chi connectivity index (χ2n) is 12.3. The van der Waals surface area contributed by atoms with Crippen LogP contribution in [-0.4, -0.2) is 78.0 Å². The fourth-order valence-electron chi connectivity index (χ4n) is 6.57. The molecular formula is C34H36FN9O3. The van der Waals surface area contributed by atoms with E-state index in [0.717, 1.165) is 12.1 Å². The molecule has 1 aliphatic carbocycles. The minimum Gasteiger partial charge on any atom is -0.436 e. The van der Waals surface area contributed by atoms with Gasteiger partial charge in [-0.3, -0.25) is 19.5 Å². The maximum atomic E-state index is 13.9. The molecule has 1 atom stereocenters. The fourth-order valence-corrected chi connectivity index (χ4v) is 6.57. The molecule has 2 aliphatic rings. The van der Waals surface area contributed by atoms with E-state index in [-0.39, 0.29) is 23.7 Å². The first-order valence-electron chi connectivity index (χ1n) is 16.1. The van der Waals surface area contributed by atoms with Crippen molar-refractivity contribution in [2.75, 3.05) is 31.5 Å². The number of carbonyl (C=O) groups is 2. The summed E-state index contributed by atoms with van der Waals surface area (Å²) < 4.78 is 19.8. The Labute approximate surface area is 271 Å². The number of pyridine rings is 1. The van der Waals surface area contributed by atoms with E-state index < -0.39 is 0 Å². The number of anilines is 1. The number of carbonyl (C=O) groups excluding carboxylic acids is 2. The molecule has 1 unspecified atom stereocenters. The Hall–Kier alpha value is -5.04. The molecule has 1 saturated carbocycles. The largest absolute Gasteiger partial charge is 0.436 e. The lowest BCUT2D eigenvalue weighted by molar-refractivity contribution is -0.114. The summed E-state index contributed by atoms with van der Waals surface area (Å²) in [6.07, 6.45) is 7.71. The van der Waals surface area contributed by atoms with E-state index in [1.165, 1.54) is 51.2 Å². The maximum Gasteiger partial charge on any atom is 0.272 e. The Morgan fingerprint density at radius 1 is 1.00 bits per heavy atom. The number of rotatable bonds is 8. The number of tetrazole rings is 1. The van der Waals surface area contributed by atoms with E-state index in [1.54, 1.807) is 58.4 Å². The molecule has 13 heteroatoms. The monoisotopic (exact) mass is 637 g/mol. The van der Waals surface area contributed by atoms with Crippen molar-refractivity contribution in [1.82, 2.24) is 40.0 Å². The summed E-state index contributed by atoms with van der Waals surface area (Å²) in [4.78, 5) is 39.7. The third-order valence-electron chi connectivity index (χ3n) is 8.95. The lowest BCUT2D eigenvalue weighted by Crippen LogP contribution is -2.50. The van der Waals surface area contributed by atoms with Crippen LogP contribution >= 0.6 is 0 Å². The van der Waals surface area contributed by atoms with Gasteiger partial charge in [0.05, 0.1) is 12.6 Å². The van der Waals surface area contributed by atoms with Crippen LogP contribution in [0.1, 0.15) is 66.9 Å². The van der Waals surface area contributed by atoms with E-state index in [4.69, 9.17) is 9.52 Å². The second kappa shape index (κ2) is 13.4. The number of oxazole rings is 1. The fraction of sp³-hybridized carbons (Fsp3) is 0.382. The van der Waals surface area contributed by atoms with Crippen molar-refractivity contribution in [2.24, 2.45) is 5.92 Å². The average Bonchev–Trinajstić information content (AvgIpc) is 3.73. The minimum absolute atomic E-state index is 0.175. The highest BCUT2D eigenvalue weighted by Crippen LogP contribution is 2.30. The Bertz CT molecular complexity index is 1880. The number of amides is 2. The number of halogens is 1.